The van der Waals surface area contributed by atoms with E-state index in [9.17, 15) is 9.90 Å². The number of rotatable bonds is 2. The van der Waals surface area contributed by atoms with E-state index in [1.165, 1.54) is 0 Å². The molecule has 1 fully saturated rings. The van der Waals surface area contributed by atoms with Crippen LogP contribution in [0.2, 0.25) is 0 Å². The molecule has 0 spiro atoms. The molecule has 1 amide bonds. The van der Waals surface area contributed by atoms with Gasteiger partial charge in [0.2, 0.25) is 0 Å². The topological polar surface area (TPSA) is 49.8 Å². The molecular weight excluding hydrogens is 322 g/mol. The van der Waals surface area contributed by atoms with Crippen LogP contribution < -0.4 is 0 Å². The number of hydrogen-bond acceptors (Lipinski definition) is 3. The summed E-state index contributed by atoms with van der Waals surface area (Å²) in [5, 5.41) is 10.1. The molecule has 1 N–H and O–H groups in total. The third-order valence-corrected chi connectivity index (χ3v) is 4.10. The molecule has 0 aliphatic carbocycles. The molecule has 0 radical (unpaired) electrons. The average molecular weight is 342 g/mol. The quantitative estimate of drug-likeness (QED) is 0.841. The van der Waals surface area contributed by atoms with Crippen LogP contribution in [-0.2, 0) is 4.74 Å². The van der Waals surface area contributed by atoms with Crippen LogP contribution in [0, 0.1) is 6.92 Å². The van der Waals surface area contributed by atoms with Gasteiger partial charge in [-0.25, -0.2) is 0 Å². The Labute approximate surface area is 127 Å². The molecule has 2 rings (SSSR count). The number of amides is 1. The van der Waals surface area contributed by atoms with E-state index in [0.717, 1.165) is 5.56 Å². The molecular formula is C15H20BrNO3. The number of halogens is 1. The van der Waals surface area contributed by atoms with Gasteiger partial charge in [0, 0.05) is 24.0 Å². The third kappa shape index (κ3) is 3.33. The first-order valence-corrected chi connectivity index (χ1v) is 7.77. The van der Waals surface area contributed by atoms with Gasteiger partial charge in [0.25, 0.3) is 5.91 Å². The van der Waals surface area contributed by atoms with Crippen LogP contribution in [0.3, 0.4) is 0 Å². The number of phenols is 1. The SMILES string of the molecule is Cc1cc(O)ccc1C(=O)N1CC(CBr)OC(C)(C)C1. The van der Waals surface area contributed by atoms with Crippen LogP contribution in [0.15, 0.2) is 18.2 Å². The summed E-state index contributed by atoms with van der Waals surface area (Å²) >= 11 is 3.42. The third-order valence-electron chi connectivity index (χ3n) is 3.38. The minimum absolute atomic E-state index is 0.000112. The highest BCUT2D eigenvalue weighted by Gasteiger charge is 2.35. The van der Waals surface area contributed by atoms with Gasteiger partial charge in [-0.05, 0) is 44.5 Å². The Morgan fingerprint density at radius 3 is 2.85 bits per heavy atom. The van der Waals surface area contributed by atoms with Gasteiger partial charge in [0.05, 0.1) is 11.7 Å². The van der Waals surface area contributed by atoms with E-state index in [0.29, 0.717) is 24.0 Å². The molecule has 1 atom stereocenters. The smallest absolute Gasteiger partial charge is 0.254 e. The zero-order valence-corrected chi connectivity index (χ0v) is 13.6. The first-order valence-electron chi connectivity index (χ1n) is 6.65. The van der Waals surface area contributed by atoms with Crippen molar-refractivity contribution in [3.8, 4) is 5.75 Å². The Morgan fingerprint density at radius 2 is 2.25 bits per heavy atom. The fraction of sp³-hybridized carbons (Fsp3) is 0.533. The van der Waals surface area contributed by atoms with Crippen LogP contribution in [0.25, 0.3) is 0 Å². The van der Waals surface area contributed by atoms with E-state index in [1.807, 2.05) is 25.7 Å². The standard InChI is InChI=1S/C15H20BrNO3/c1-10-6-11(18)4-5-13(10)14(19)17-8-12(7-16)20-15(2,3)9-17/h4-6,12,18H,7-9H2,1-3H3. The lowest BCUT2D eigenvalue weighted by molar-refractivity contribution is -0.116. The number of benzene rings is 1. The van der Waals surface area contributed by atoms with E-state index < -0.39 is 0 Å². The number of ether oxygens (including phenoxy) is 1. The van der Waals surface area contributed by atoms with Gasteiger partial charge in [0.1, 0.15) is 5.75 Å². The number of phenolic OH excluding ortho intramolecular Hbond substituents is 1. The lowest BCUT2D eigenvalue weighted by atomic mass is 10.0. The highest BCUT2D eigenvalue weighted by molar-refractivity contribution is 9.09. The van der Waals surface area contributed by atoms with Crippen LogP contribution in [0.1, 0.15) is 29.8 Å². The number of hydrogen-bond donors (Lipinski definition) is 1. The van der Waals surface area contributed by atoms with Crippen molar-refractivity contribution in [3.63, 3.8) is 0 Å². The van der Waals surface area contributed by atoms with Crippen LogP contribution in [0.4, 0.5) is 0 Å². The second-order valence-corrected chi connectivity index (χ2v) is 6.49. The van der Waals surface area contributed by atoms with E-state index in [-0.39, 0.29) is 23.4 Å². The Balaban J connectivity index is 2.23. The number of aryl methyl sites for hydroxylation is 1. The van der Waals surface area contributed by atoms with Gasteiger partial charge in [-0.1, -0.05) is 15.9 Å². The van der Waals surface area contributed by atoms with Crippen molar-refractivity contribution in [2.75, 3.05) is 18.4 Å². The van der Waals surface area contributed by atoms with Crippen molar-refractivity contribution in [2.45, 2.75) is 32.5 Å². The summed E-state index contributed by atoms with van der Waals surface area (Å²) in [6.07, 6.45) is 0.000112. The number of morpholine rings is 1. The molecule has 20 heavy (non-hydrogen) atoms. The maximum Gasteiger partial charge on any atom is 0.254 e. The summed E-state index contributed by atoms with van der Waals surface area (Å²) in [6, 6.07) is 4.84. The molecule has 1 aliphatic rings. The number of aromatic hydroxyl groups is 1. The number of alkyl halides is 1. The van der Waals surface area contributed by atoms with E-state index in [4.69, 9.17) is 4.74 Å². The molecule has 1 saturated heterocycles. The highest BCUT2D eigenvalue weighted by Crippen LogP contribution is 2.25. The first kappa shape index (κ1) is 15.3. The fourth-order valence-electron chi connectivity index (χ4n) is 2.59. The normalized spacial score (nSPS) is 21.8. The molecule has 110 valence electrons. The van der Waals surface area contributed by atoms with E-state index in [1.54, 1.807) is 18.2 Å². The predicted octanol–water partition coefficient (Wildman–Crippen LogP) is 2.72. The monoisotopic (exact) mass is 341 g/mol. The zero-order valence-electron chi connectivity index (χ0n) is 12.0. The van der Waals surface area contributed by atoms with Crippen LogP contribution in [-0.4, -0.2) is 46.0 Å². The van der Waals surface area contributed by atoms with Crippen molar-refractivity contribution >= 4 is 21.8 Å². The molecule has 1 aliphatic heterocycles. The summed E-state index contributed by atoms with van der Waals surface area (Å²) < 4.78 is 5.91. The molecule has 0 saturated carbocycles. The molecule has 5 heteroatoms. The minimum atomic E-state index is -0.350. The van der Waals surface area contributed by atoms with Crippen LogP contribution in [0.5, 0.6) is 5.75 Å². The first-order chi connectivity index (χ1) is 9.32. The molecule has 1 unspecified atom stereocenters. The van der Waals surface area contributed by atoms with Gasteiger partial charge in [0.15, 0.2) is 0 Å². The maximum atomic E-state index is 12.7. The number of carbonyl (C=O) groups is 1. The number of carbonyl (C=O) groups excluding carboxylic acids is 1. The van der Waals surface area contributed by atoms with E-state index >= 15 is 0 Å². The van der Waals surface area contributed by atoms with Gasteiger partial charge < -0.3 is 14.7 Å². The van der Waals surface area contributed by atoms with Crippen LogP contribution >= 0.6 is 15.9 Å². The van der Waals surface area contributed by atoms with Crippen molar-refractivity contribution in [3.05, 3.63) is 29.3 Å². The molecule has 4 nitrogen and oxygen atoms in total. The van der Waals surface area contributed by atoms with Crippen molar-refractivity contribution in [2.24, 2.45) is 0 Å². The molecule has 0 aromatic heterocycles. The van der Waals surface area contributed by atoms with Crippen molar-refractivity contribution in [1.82, 2.24) is 4.90 Å². The lowest BCUT2D eigenvalue weighted by Gasteiger charge is -2.42. The maximum absolute atomic E-state index is 12.7. The predicted molar refractivity (Wildman–Crippen MR) is 81.5 cm³/mol. The average Bonchev–Trinajstić information content (AvgIpc) is 2.36. The highest BCUT2D eigenvalue weighted by atomic mass is 79.9. The molecule has 1 heterocycles. The minimum Gasteiger partial charge on any atom is -0.508 e. The zero-order chi connectivity index (χ0) is 14.9. The summed E-state index contributed by atoms with van der Waals surface area (Å²) in [5.74, 6) is 0.171. The summed E-state index contributed by atoms with van der Waals surface area (Å²) in [5.41, 5.74) is 1.07. The largest absolute Gasteiger partial charge is 0.508 e. The Kier molecular flexibility index (Phi) is 4.39. The second-order valence-electron chi connectivity index (χ2n) is 5.84. The summed E-state index contributed by atoms with van der Waals surface area (Å²) in [6.45, 7) is 6.96. The summed E-state index contributed by atoms with van der Waals surface area (Å²) in [4.78, 5) is 14.5. The molecule has 1 aromatic rings. The molecule has 0 bridgehead atoms. The second kappa shape index (κ2) is 5.74. The Morgan fingerprint density at radius 1 is 1.55 bits per heavy atom. The Bertz CT molecular complexity index is 516. The van der Waals surface area contributed by atoms with Gasteiger partial charge in [-0.3, -0.25) is 4.79 Å². The van der Waals surface area contributed by atoms with Crippen molar-refractivity contribution < 1.29 is 14.6 Å². The van der Waals surface area contributed by atoms with Gasteiger partial charge >= 0.3 is 0 Å². The fourth-order valence-corrected chi connectivity index (χ4v) is 2.93. The summed E-state index contributed by atoms with van der Waals surface area (Å²) in [7, 11) is 0. The lowest BCUT2D eigenvalue weighted by Crippen LogP contribution is -2.55. The molecule has 1 aromatic carbocycles. The number of nitrogens with zero attached hydrogens (tertiary/aromatic N) is 1. The van der Waals surface area contributed by atoms with Gasteiger partial charge in [-0.2, -0.15) is 0 Å². The van der Waals surface area contributed by atoms with Gasteiger partial charge in [-0.15, -0.1) is 0 Å². The Hall–Kier alpha value is -1.07. The van der Waals surface area contributed by atoms with E-state index in [2.05, 4.69) is 15.9 Å². The van der Waals surface area contributed by atoms with Crippen molar-refractivity contribution in [1.29, 1.82) is 0 Å².